The number of benzene rings is 1. The first-order valence-corrected chi connectivity index (χ1v) is 4.46. The van der Waals surface area contributed by atoms with Crippen LogP contribution in [0.4, 0.5) is 0 Å². The molecule has 0 saturated carbocycles. The van der Waals surface area contributed by atoms with E-state index in [4.69, 9.17) is 27.9 Å². The Hall–Kier alpha value is -0.730. The molecule has 0 aromatic heterocycles. The Bertz CT molecular complexity index is 292. The summed E-state index contributed by atoms with van der Waals surface area (Å²) >= 11 is 11.6. The largest absolute Gasteiger partial charge is 0.480 e. The van der Waals surface area contributed by atoms with E-state index >= 15 is 0 Å². The normalized spacial score (nSPS) is 12.2. The van der Waals surface area contributed by atoms with Gasteiger partial charge in [-0.3, -0.25) is 4.79 Å². The number of carbonyl (C=O) groups is 1. The molecule has 0 radical (unpaired) electrons. The summed E-state index contributed by atoms with van der Waals surface area (Å²) in [5.41, 5.74) is 0. The molecule has 70 valence electrons. The molecule has 0 aliphatic heterocycles. The monoisotopic (exact) mass is 218 g/mol. The Labute approximate surface area is 86.4 Å². The molecule has 4 heteroatoms. The zero-order valence-electron chi connectivity index (χ0n) is 6.96. The Kier molecular flexibility index (Phi) is 3.58. The standard InChI is InChI=1S/C9H8Cl2O2/c1-6(5-12)13-9-7(10)3-2-4-8(9)11/h2-6H,1H3/t6-/m0/s1. The summed E-state index contributed by atoms with van der Waals surface area (Å²) in [5.74, 6) is 0.352. The summed E-state index contributed by atoms with van der Waals surface area (Å²) in [6, 6.07) is 5.02. The van der Waals surface area contributed by atoms with Gasteiger partial charge >= 0.3 is 0 Å². The number of aldehydes is 1. The lowest BCUT2D eigenvalue weighted by Crippen LogP contribution is -2.13. The van der Waals surface area contributed by atoms with Crippen molar-refractivity contribution in [2.24, 2.45) is 0 Å². The Morgan fingerprint density at radius 3 is 2.38 bits per heavy atom. The molecule has 0 bridgehead atoms. The Balaban J connectivity index is 2.93. The van der Waals surface area contributed by atoms with Crippen molar-refractivity contribution in [3.63, 3.8) is 0 Å². The SMILES string of the molecule is C[C@@H](C=O)Oc1c(Cl)cccc1Cl. The molecule has 0 aliphatic rings. The van der Waals surface area contributed by atoms with Crippen LogP contribution in [-0.4, -0.2) is 12.4 Å². The predicted octanol–water partition coefficient (Wildman–Crippen LogP) is 2.96. The van der Waals surface area contributed by atoms with Gasteiger partial charge in [-0.15, -0.1) is 0 Å². The lowest BCUT2D eigenvalue weighted by Gasteiger charge is -2.11. The summed E-state index contributed by atoms with van der Waals surface area (Å²) in [5, 5.41) is 0.808. The molecule has 0 spiro atoms. The van der Waals surface area contributed by atoms with Crippen LogP contribution in [0.2, 0.25) is 10.0 Å². The maximum absolute atomic E-state index is 10.3. The van der Waals surface area contributed by atoms with E-state index in [-0.39, 0.29) is 0 Å². The van der Waals surface area contributed by atoms with Crippen LogP contribution in [0.5, 0.6) is 5.75 Å². The molecule has 1 atom stereocenters. The average molecular weight is 219 g/mol. The van der Waals surface area contributed by atoms with Crippen molar-refractivity contribution in [2.75, 3.05) is 0 Å². The van der Waals surface area contributed by atoms with Crippen LogP contribution in [0.1, 0.15) is 6.92 Å². The second kappa shape index (κ2) is 4.49. The molecule has 13 heavy (non-hydrogen) atoms. The summed E-state index contributed by atoms with van der Waals surface area (Å²) in [4.78, 5) is 10.3. The van der Waals surface area contributed by atoms with E-state index < -0.39 is 6.10 Å². The summed E-state index contributed by atoms with van der Waals surface area (Å²) in [7, 11) is 0. The smallest absolute Gasteiger partial charge is 0.160 e. The Morgan fingerprint density at radius 1 is 1.38 bits per heavy atom. The topological polar surface area (TPSA) is 26.3 Å². The van der Waals surface area contributed by atoms with Crippen molar-refractivity contribution in [3.8, 4) is 5.75 Å². The van der Waals surface area contributed by atoms with Crippen LogP contribution in [-0.2, 0) is 4.79 Å². The van der Waals surface area contributed by atoms with Crippen molar-refractivity contribution in [3.05, 3.63) is 28.2 Å². The van der Waals surface area contributed by atoms with Gasteiger partial charge in [-0.05, 0) is 19.1 Å². The summed E-state index contributed by atoms with van der Waals surface area (Å²) in [6.45, 7) is 1.62. The predicted molar refractivity (Wildman–Crippen MR) is 52.6 cm³/mol. The molecule has 0 unspecified atom stereocenters. The van der Waals surface area contributed by atoms with Crippen molar-refractivity contribution < 1.29 is 9.53 Å². The first-order chi connectivity index (χ1) is 6.15. The molecule has 1 rings (SSSR count). The van der Waals surface area contributed by atoms with Gasteiger partial charge in [-0.1, -0.05) is 29.3 Å². The van der Waals surface area contributed by atoms with Crippen LogP contribution in [0.15, 0.2) is 18.2 Å². The first-order valence-electron chi connectivity index (χ1n) is 3.71. The molecule has 0 aliphatic carbocycles. The summed E-state index contributed by atoms with van der Waals surface area (Å²) in [6.07, 6.45) is 0.136. The highest BCUT2D eigenvalue weighted by molar-refractivity contribution is 6.37. The van der Waals surface area contributed by atoms with Gasteiger partial charge in [0.15, 0.2) is 18.1 Å². The molecule has 1 aromatic rings. The van der Waals surface area contributed by atoms with Crippen LogP contribution in [0.25, 0.3) is 0 Å². The lowest BCUT2D eigenvalue weighted by molar-refractivity contribution is -0.113. The molecule has 0 amide bonds. The number of hydrogen-bond donors (Lipinski definition) is 0. The number of ether oxygens (including phenoxy) is 1. The van der Waals surface area contributed by atoms with Crippen LogP contribution < -0.4 is 4.74 Å². The van der Waals surface area contributed by atoms with Gasteiger partial charge in [0.2, 0.25) is 0 Å². The van der Waals surface area contributed by atoms with E-state index in [1.807, 2.05) is 0 Å². The molecular formula is C9H8Cl2O2. The van der Waals surface area contributed by atoms with Crippen LogP contribution >= 0.6 is 23.2 Å². The maximum atomic E-state index is 10.3. The molecular weight excluding hydrogens is 211 g/mol. The first kappa shape index (κ1) is 10.4. The van der Waals surface area contributed by atoms with Gasteiger partial charge in [0, 0.05) is 0 Å². The minimum absolute atomic E-state index is 0.352. The summed E-state index contributed by atoms with van der Waals surface area (Å²) < 4.78 is 5.19. The molecule has 0 N–H and O–H groups in total. The highest BCUT2D eigenvalue weighted by Gasteiger charge is 2.09. The van der Waals surface area contributed by atoms with Gasteiger partial charge in [0.05, 0.1) is 10.0 Å². The highest BCUT2D eigenvalue weighted by Crippen LogP contribution is 2.32. The third-order valence-electron chi connectivity index (χ3n) is 1.41. The van der Waals surface area contributed by atoms with Crippen LogP contribution in [0.3, 0.4) is 0 Å². The van der Waals surface area contributed by atoms with E-state index in [0.29, 0.717) is 22.1 Å². The van der Waals surface area contributed by atoms with Crippen molar-refractivity contribution in [1.29, 1.82) is 0 Å². The maximum Gasteiger partial charge on any atom is 0.160 e. The van der Waals surface area contributed by atoms with Crippen molar-refractivity contribution in [1.82, 2.24) is 0 Å². The van der Waals surface area contributed by atoms with Crippen molar-refractivity contribution >= 4 is 29.5 Å². The van der Waals surface area contributed by atoms with Crippen molar-refractivity contribution in [2.45, 2.75) is 13.0 Å². The van der Waals surface area contributed by atoms with E-state index in [1.165, 1.54) is 0 Å². The van der Waals surface area contributed by atoms with E-state index in [0.717, 1.165) is 0 Å². The number of halogens is 2. The lowest BCUT2D eigenvalue weighted by atomic mass is 10.3. The van der Waals surface area contributed by atoms with E-state index in [1.54, 1.807) is 25.1 Å². The van der Waals surface area contributed by atoms with E-state index in [2.05, 4.69) is 0 Å². The number of rotatable bonds is 3. The van der Waals surface area contributed by atoms with Crippen LogP contribution in [0, 0.1) is 0 Å². The van der Waals surface area contributed by atoms with Gasteiger partial charge < -0.3 is 4.74 Å². The molecule has 0 fully saturated rings. The fourth-order valence-corrected chi connectivity index (χ4v) is 1.30. The third-order valence-corrected chi connectivity index (χ3v) is 2.01. The molecule has 1 aromatic carbocycles. The minimum atomic E-state index is -0.544. The number of carbonyl (C=O) groups excluding carboxylic acids is 1. The van der Waals surface area contributed by atoms with E-state index in [9.17, 15) is 4.79 Å². The van der Waals surface area contributed by atoms with Gasteiger partial charge in [-0.2, -0.15) is 0 Å². The fourth-order valence-electron chi connectivity index (χ4n) is 0.809. The second-order valence-electron chi connectivity index (χ2n) is 2.51. The second-order valence-corrected chi connectivity index (χ2v) is 3.32. The van der Waals surface area contributed by atoms with Gasteiger partial charge in [-0.25, -0.2) is 0 Å². The zero-order valence-corrected chi connectivity index (χ0v) is 8.47. The molecule has 0 heterocycles. The molecule has 0 saturated heterocycles. The highest BCUT2D eigenvalue weighted by atomic mass is 35.5. The minimum Gasteiger partial charge on any atom is -0.480 e. The number of hydrogen-bond acceptors (Lipinski definition) is 2. The molecule has 2 nitrogen and oxygen atoms in total. The Morgan fingerprint density at radius 2 is 1.92 bits per heavy atom. The fraction of sp³-hybridized carbons (Fsp3) is 0.222. The zero-order chi connectivity index (χ0) is 9.84. The average Bonchev–Trinajstić information content (AvgIpc) is 2.11. The van der Waals surface area contributed by atoms with Gasteiger partial charge in [0.25, 0.3) is 0 Å². The third kappa shape index (κ3) is 2.61. The number of para-hydroxylation sites is 1. The van der Waals surface area contributed by atoms with Gasteiger partial charge in [0.1, 0.15) is 0 Å². The quantitative estimate of drug-likeness (QED) is 0.730.